The summed E-state index contributed by atoms with van der Waals surface area (Å²) in [4.78, 5) is 13.0. The topological polar surface area (TPSA) is 41.1 Å². The molecule has 2 N–H and O–H groups in total. The zero-order chi connectivity index (χ0) is 20.6. The molecule has 156 valence electrons. The van der Waals surface area contributed by atoms with Crippen LogP contribution in [0.25, 0.3) is 11.1 Å². The number of nitrogens with one attached hydrogen (secondary N) is 2. The highest BCUT2D eigenvalue weighted by Gasteiger charge is 2.34. The average molecular weight is 433 g/mol. The lowest BCUT2D eigenvalue weighted by Crippen LogP contribution is -2.16. The van der Waals surface area contributed by atoms with Crippen molar-refractivity contribution in [3.05, 3.63) is 82.9 Å². The van der Waals surface area contributed by atoms with Crippen LogP contribution in [0.15, 0.2) is 60.7 Å². The Morgan fingerprint density at radius 2 is 1.77 bits per heavy atom. The number of alkyl halides is 3. The first kappa shape index (κ1) is 21.7. The number of halogens is 4. The minimum Gasteiger partial charge on any atom is -0.384 e. The zero-order valence-electron chi connectivity index (χ0n) is 16.1. The monoisotopic (exact) mass is 432 g/mol. The molecule has 1 amide bonds. The van der Waals surface area contributed by atoms with E-state index >= 15 is 0 Å². The molecule has 1 aliphatic rings. The maximum Gasteiger partial charge on any atom is 0.416 e. The number of benzene rings is 3. The van der Waals surface area contributed by atoms with Gasteiger partial charge in [0.15, 0.2) is 0 Å². The molecule has 4 rings (SSSR count). The molecule has 0 radical (unpaired) electrons. The van der Waals surface area contributed by atoms with E-state index in [0.29, 0.717) is 16.8 Å². The third-order valence-electron chi connectivity index (χ3n) is 5.07. The van der Waals surface area contributed by atoms with E-state index in [1.807, 2.05) is 18.2 Å². The largest absolute Gasteiger partial charge is 0.416 e. The van der Waals surface area contributed by atoms with Gasteiger partial charge in [0.05, 0.1) is 5.56 Å². The number of amides is 1. The standard InChI is InChI=1S/C23H19F3N2O.ClH/c1-14-11-18(15-5-3-2-4-6-15)19(13-20(14)23(24,25)26)22(29)28-17-7-8-21-16(12-17)9-10-27-21;/h2-8,11-13,27H,9-10H2,1H3,(H,28,29);1H. The molecular weight excluding hydrogens is 413 g/mol. The van der Waals surface area contributed by atoms with Gasteiger partial charge in [0.1, 0.15) is 0 Å². The van der Waals surface area contributed by atoms with Crippen molar-refractivity contribution < 1.29 is 18.0 Å². The van der Waals surface area contributed by atoms with Crippen molar-refractivity contribution in [2.45, 2.75) is 19.5 Å². The van der Waals surface area contributed by atoms with Crippen LogP contribution < -0.4 is 10.6 Å². The summed E-state index contributed by atoms with van der Waals surface area (Å²) in [5.74, 6) is -0.569. The zero-order valence-corrected chi connectivity index (χ0v) is 17.0. The van der Waals surface area contributed by atoms with E-state index in [1.165, 1.54) is 13.0 Å². The van der Waals surface area contributed by atoms with Gasteiger partial charge in [0, 0.05) is 23.5 Å². The van der Waals surface area contributed by atoms with Crippen LogP contribution in [0.1, 0.15) is 27.0 Å². The molecule has 0 fully saturated rings. The first-order valence-electron chi connectivity index (χ1n) is 9.28. The lowest BCUT2D eigenvalue weighted by molar-refractivity contribution is -0.138. The van der Waals surface area contributed by atoms with Crippen LogP contribution in [-0.2, 0) is 12.6 Å². The highest BCUT2D eigenvalue weighted by Crippen LogP contribution is 2.36. The van der Waals surface area contributed by atoms with Gasteiger partial charge in [-0.15, -0.1) is 12.4 Å². The van der Waals surface area contributed by atoms with E-state index in [1.54, 1.807) is 30.3 Å². The fraction of sp³-hybridized carbons (Fsp3) is 0.174. The SMILES string of the molecule is Cc1cc(-c2ccccc2)c(C(=O)Nc2ccc3c(c2)CCN3)cc1C(F)(F)F.Cl. The van der Waals surface area contributed by atoms with Gasteiger partial charge in [-0.3, -0.25) is 4.79 Å². The second kappa shape index (κ2) is 8.40. The van der Waals surface area contributed by atoms with Gasteiger partial charge in [-0.1, -0.05) is 36.4 Å². The number of hydrogen-bond donors (Lipinski definition) is 2. The summed E-state index contributed by atoms with van der Waals surface area (Å²) in [5.41, 5.74) is 3.08. The van der Waals surface area contributed by atoms with Crippen molar-refractivity contribution in [3.63, 3.8) is 0 Å². The first-order chi connectivity index (χ1) is 13.8. The molecule has 1 aliphatic heterocycles. The highest BCUT2D eigenvalue weighted by molar-refractivity contribution is 6.09. The van der Waals surface area contributed by atoms with Crippen LogP contribution in [0.3, 0.4) is 0 Å². The Morgan fingerprint density at radius 3 is 2.47 bits per heavy atom. The molecule has 3 nitrogen and oxygen atoms in total. The quantitative estimate of drug-likeness (QED) is 0.508. The average Bonchev–Trinajstić information content (AvgIpc) is 3.15. The lowest BCUT2D eigenvalue weighted by Gasteiger charge is -2.17. The van der Waals surface area contributed by atoms with Gasteiger partial charge in [-0.25, -0.2) is 0 Å². The molecule has 0 saturated carbocycles. The number of hydrogen-bond acceptors (Lipinski definition) is 2. The number of carbonyl (C=O) groups excluding carboxylic acids is 1. The molecule has 7 heteroatoms. The number of fused-ring (bicyclic) bond motifs is 1. The van der Waals surface area contributed by atoms with E-state index in [2.05, 4.69) is 10.6 Å². The van der Waals surface area contributed by atoms with Crippen molar-refractivity contribution >= 4 is 29.7 Å². The Hall–Kier alpha value is -2.99. The molecule has 3 aromatic rings. The molecular formula is C23H20ClF3N2O. The third kappa shape index (κ3) is 4.28. The molecule has 0 saturated heterocycles. The first-order valence-corrected chi connectivity index (χ1v) is 9.28. The Bertz CT molecular complexity index is 1080. The third-order valence-corrected chi connectivity index (χ3v) is 5.07. The van der Waals surface area contributed by atoms with Crippen LogP contribution in [0, 0.1) is 6.92 Å². The summed E-state index contributed by atoms with van der Waals surface area (Å²) in [6.45, 7) is 2.24. The summed E-state index contributed by atoms with van der Waals surface area (Å²) >= 11 is 0. The summed E-state index contributed by atoms with van der Waals surface area (Å²) < 4.78 is 40.4. The molecule has 0 atom stereocenters. The van der Waals surface area contributed by atoms with Crippen molar-refractivity contribution in [2.75, 3.05) is 17.2 Å². The van der Waals surface area contributed by atoms with E-state index in [-0.39, 0.29) is 23.5 Å². The van der Waals surface area contributed by atoms with Crippen LogP contribution in [0.2, 0.25) is 0 Å². The van der Waals surface area contributed by atoms with Gasteiger partial charge >= 0.3 is 6.18 Å². The molecule has 0 bridgehead atoms. The second-order valence-corrected chi connectivity index (χ2v) is 7.08. The van der Waals surface area contributed by atoms with Gasteiger partial charge in [-0.2, -0.15) is 13.2 Å². The van der Waals surface area contributed by atoms with Crippen LogP contribution in [0.5, 0.6) is 0 Å². The Morgan fingerprint density at radius 1 is 1.03 bits per heavy atom. The minimum atomic E-state index is -4.53. The summed E-state index contributed by atoms with van der Waals surface area (Å²) in [6.07, 6.45) is -3.69. The Kier molecular flexibility index (Phi) is 6.08. The molecule has 0 spiro atoms. The maximum atomic E-state index is 13.5. The molecule has 3 aromatic carbocycles. The number of aryl methyl sites for hydroxylation is 1. The predicted molar refractivity (Wildman–Crippen MR) is 115 cm³/mol. The molecule has 0 aliphatic carbocycles. The van der Waals surface area contributed by atoms with E-state index in [4.69, 9.17) is 0 Å². The van der Waals surface area contributed by atoms with Crippen molar-refractivity contribution in [1.82, 2.24) is 0 Å². The minimum absolute atomic E-state index is 0. The van der Waals surface area contributed by atoms with E-state index < -0.39 is 17.6 Å². The van der Waals surface area contributed by atoms with Gasteiger partial charge < -0.3 is 10.6 Å². The molecule has 0 aromatic heterocycles. The van der Waals surface area contributed by atoms with E-state index in [9.17, 15) is 18.0 Å². The fourth-order valence-corrected chi connectivity index (χ4v) is 3.64. The number of anilines is 2. The number of carbonyl (C=O) groups is 1. The van der Waals surface area contributed by atoms with Crippen molar-refractivity contribution in [1.29, 1.82) is 0 Å². The highest BCUT2D eigenvalue weighted by atomic mass is 35.5. The summed E-state index contributed by atoms with van der Waals surface area (Å²) in [6, 6.07) is 16.8. The smallest absolute Gasteiger partial charge is 0.384 e. The Balaban J connectivity index is 0.00000256. The van der Waals surface area contributed by atoms with Crippen LogP contribution in [0.4, 0.5) is 24.5 Å². The molecule has 1 heterocycles. The molecule has 0 unspecified atom stereocenters. The normalized spacial score (nSPS) is 12.5. The van der Waals surface area contributed by atoms with Gasteiger partial charge in [0.25, 0.3) is 5.91 Å². The van der Waals surface area contributed by atoms with Crippen LogP contribution in [-0.4, -0.2) is 12.5 Å². The van der Waals surface area contributed by atoms with E-state index in [0.717, 1.165) is 30.3 Å². The van der Waals surface area contributed by atoms with Crippen molar-refractivity contribution in [2.24, 2.45) is 0 Å². The van der Waals surface area contributed by atoms with Gasteiger partial charge in [-0.05, 0) is 59.9 Å². The van der Waals surface area contributed by atoms with Gasteiger partial charge in [0.2, 0.25) is 0 Å². The maximum absolute atomic E-state index is 13.5. The fourth-order valence-electron chi connectivity index (χ4n) is 3.64. The second-order valence-electron chi connectivity index (χ2n) is 7.08. The predicted octanol–water partition coefficient (Wildman–Crippen LogP) is 6.32. The van der Waals surface area contributed by atoms with Crippen LogP contribution >= 0.6 is 12.4 Å². The lowest BCUT2D eigenvalue weighted by atomic mass is 9.93. The molecule has 30 heavy (non-hydrogen) atoms. The Labute approximate surface area is 178 Å². The summed E-state index contributed by atoms with van der Waals surface area (Å²) in [7, 11) is 0. The number of rotatable bonds is 3. The summed E-state index contributed by atoms with van der Waals surface area (Å²) in [5, 5.41) is 6.00. The van der Waals surface area contributed by atoms with Crippen molar-refractivity contribution in [3.8, 4) is 11.1 Å².